The fraction of sp³-hybridized carbons (Fsp3) is 0.0556. The Kier molecular flexibility index (Phi) is 4.29. The average molecular weight is 319 g/mol. The van der Waals surface area contributed by atoms with Crippen molar-refractivity contribution in [1.29, 1.82) is 0 Å². The molecule has 2 aromatic carbocycles. The van der Waals surface area contributed by atoms with Gasteiger partial charge >= 0.3 is 0 Å². The van der Waals surface area contributed by atoms with Gasteiger partial charge in [-0.1, -0.05) is 30.5 Å². The fourth-order valence-corrected chi connectivity index (χ4v) is 2.41. The first-order valence-electron chi connectivity index (χ1n) is 7.56. The Morgan fingerprint density at radius 1 is 1.08 bits per heavy atom. The van der Waals surface area contributed by atoms with Crippen LogP contribution in [0.3, 0.4) is 0 Å². The van der Waals surface area contributed by atoms with Gasteiger partial charge in [0, 0.05) is 18.2 Å². The Morgan fingerprint density at radius 2 is 1.83 bits per heavy atom. The summed E-state index contributed by atoms with van der Waals surface area (Å²) >= 11 is 0. The molecule has 0 saturated heterocycles. The van der Waals surface area contributed by atoms with E-state index in [1.165, 1.54) is 18.2 Å². The van der Waals surface area contributed by atoms with Crippen LogP contribution in [0.15, 0.2) is 57.7 Å². The summed E-state index contributed by atoms with van der Waals surface area (Å²) in [5.41, 5.74) is 2.36. The van der Waals surface area contributed by atoms with Crippen molar-refractivity contribution >= 4 is 41.6 Å². The van der Waals surface area contributed by atoms with Gasteiger partial charge in [-0.2, -0.15) is 0 Å². The zero-order valence-electron chi connectivity index (χ0n) is 13.1. The van der Waals surface area contributed by atoms with Gasteiger partial charge in [0.05, 0.1) is 10.3 Å². The summed E-state index contributed by atoms with van der Waals surface area (Å²) in [5, 5.41) is 11.2. The molecule has 0 spiro atoms. The molecule has 24 heavy (non-hydrogen) atoms. The van der Waals surface area contributed by atoms with Gasteiger partial charge in [0.1, 0.15) is 11.3 Å². The highest BCUT2D eigenvalue weighted by atomic mass is 16.6. The molecule has 1 aromatic heterocycles. The van der Waals surface area contributed by atoms with Crippen LogP contribution >= 0.6 is 0 Å². The molecule has 0 amide bonds. The number of hydrogen-bond acceptors (Lipinski definition) is 4. The summed E-state index contributed by atoms with van der Waals surface area (Å²) in [7, 11) is 0.858. The Hall–Kier alpha value is -3.15. The van der Waals surface area contributed by atoms with Gasteiger partial charge in [0.25, 0.3) is 5.69 Å². The lowest BCUT2D eigenvalue weighted by molar-refractivity contribution is -0.384. The number of nitro benzene ring substituents is 1. The van der Waals surface area contributed by atoms with Crippen molar-refractivity contribution in [2.45, 2.75) is 6.82 Å². The normalized spacial score (nSPS) is 11.0. The summed E-state index contributed by atoms with van der Waals surface area (Å²) in [6, 6.07) is 13.2. The molecule has 6 heteroatoms. The maximum atomic E-state index is 12.2. The van der Waals surface area contributed by atoms with Crippen molar-refractivity contribution in [2.75, 3.05) is 0 Å². The molecule has 0 radical (unpaired) electrons. The minimum Gasteiger partial charge on any atom is -0.456 e. The van der Waals surface area contributed by atoms with Crippen LogP contribution < -0.4 is 10.9 Å². The number of rotatable bonds is 4. The number of non-ortho nitro benzene ring substituents is 1. The molecule has 0 aliphatic carbocycles. The van der Waals surface area contributed by atoms with Gasteiger partial charge in [0.2, 0.25) is 0 Å². The van der Waals surface area contributed by atoms with Gasteiger partial charge in [-0.25, -0.2) is 0 Å². The van der Waals surface area contributed by atoms with Crippen LogP contribution in [0.1, 0.15) is 11.3 Å². The van der Waals surface area contributed by atoms with Crippen molar-refractivity contribution in [3.63, 3.8) is 0 Å². The van der Waals surface area contributed by atoms with Gasteiger partial charge in [-0.3, -0.25) is 14.9 Å². The number of hydrogen-bond donors (Lipinski definition) is 0. The monoisotopic (exact) mass is 319 g/mol. The highest BCUT2D eigenvalue weighted by Gasteiger charge is 2.05. The second-order valence-corrected chi connectivity index (χ2v) is 5.38. The quantitative estimate of drug-likeness (QED) is 0.421. The third-order valence-corrected chi connectivity index (χ3v) is 3.76. The lowest BCUT2D eigenvalue weighted by Gasteiger charge is -2.01. The van der Waals surface area contributed by atoms with E-state index in [1.807, 2.05) is 19.0 Å². The van der Waals surface area contributed by atoms with Crippen molar-refractivity contribution in [1.82, 2.24) is 0 Å². The van der Waals surface area contributed by atoms with Crippen LogP contribution in [-0.2, 0) is 0 Å². The first-order chi connectivity index (χ1) is 11.6. The Morgan fingerprint density at radius 3 is 2.50 bits per heavy atom. The minimum atomic E-state index is -0.444. The van der Waals surface area contributed by atoms with Crippen LogP contribution in [0, 0.1) is 10.1 Å². The first-order valence-corrected chi connectivity index (χ1v) is 7.56. The maximum Gasteiger partial charge on any atom is 0.269 e. The van der Waals surface area contributed by atoms with E-state index in [-0.39, 0.29) is 11.1 Å². The molecular weight excluding hydrogens is 305 g/mol. The highest BCUT2D eigenvalue weighted by Crippen LogP contribution is 2.16. The molecule has 3 rings (SSSR count). The van der Waals surface area contributed by atoms with Crippen LogP contribution in [0.5, 0.6) is 0 Å². The molecule has 0 fully saturated rings. The standard InChI is InChI=1S/C18H14BNO4/c1-19-13-5-9-18-16(10-13)17(21)11-15(24-18)8-4-12-2-6-14(7-3-12)20(22)23/h2-11,19H,1H3/b8-4+. The molecule has 0 atom stereocenters. The van der Waals surface area contributed by atoms with E-state index < -0.39 is 4.92 Å². The van der Waals surface area contributed by atoms with Crippen molar-refractivity contribution < 1.29 is 9.34 Å². The zero-order valence-corrected chi connectivity index (χ0v) is 13.1. The number of benzene rings is 2. The van der Waals surface area contributed by atoms with E-state index in [1.54, 1.807) is 30.4 Å². The third-order valence-electron chi connectivity index (χ3n) is 3.76. The topological polar surface area (TPSA) is 73.3 Å². The Labute approximate surface area is 138 Å². The van der Waals surface area contributed by atoms with E-state index in [9.17, 15) is 14.9 Å². The third kappa shape index (κ3) is 3.27. The van der Waals surface area contributed by atoms with Crippen molar-refractivity contribution in [2.24, 2.45) is 0 Å². The molecule has 118 valence electrons. The van der Waals surface area contributed by atoms with E-state index in [0.717, 1.165) is 18.3 Å². The lowest BCUT2D eigenvalue weighted by Crippen LogP contribution is -2.12. The average Bonchev–Trinajstić information content (AvgIpc) is 2.60. The summed E-state index contributed by atoms with van der Waals surface area (Å²) in [4.78, 5) is 22.4. The number of nitrogens with zero attached hydrogens (tertiary/aromatic N) is 1. The highest BCUT2D eigenvalue weighted by molar-refractivity contribution is 6.52. The smallest absolute Gasteiger partial charge is 0.269 e. The van der Waals surface area contributed by atoms with E-state index in [0.29, 0.717) is 16.7 Å². The molecule has 5 nitrogen and oxygen atoms in total. The molecule has 0 bridgehead atoms. The molecule has 0 aliphatic rings. The molecule has 0 N–H and O–H groups in total. The molecule has 0 unspecified atom stereocenters. The second kappa shape index (κ2) is 6.54. The van der Waals surface area contributed by atoms with Crippen molar-refractivity contribution in [3.8, 4) is 0 Å². The summed E-state index contributed by atoms with van der Waals surface area (Å²) in [6.45, 7) is 2.03. The Bertz CT molecular complexity index is 990. The van der Waals surface area contributed by atoms with E-state index in [4.69, 9.17) is 4.42 Å². The SMILES string of the molecule is CBc1ccc2oc(/C=C/c3ccc([N+](=O)[O-])cc3)cc(=O)c2c1. The molecular formula is C18H14BNO4. The maximum absolute atomic E-state index is 12.2. The van der Waals surface area contributed by atoms with Gasteiger partial charge in [0.15, 0.2) is 12.7 Å². The van der Waals surface area contributed by atoms with Crippen LogP contribution in [0.2, 0.25) is 6.82 Å². The molecule has 0 aliphatic heterocycles. The lowest BCUT2D eigenvalue weighted by atomic mass is 9.73. The van der Waals surface area contributed by atoms with Gasteiger partial charge in [-0.05, 0) is 29.8 Å². The largest absolute Gasteiger partial charge is 0.456 e. The van der Waals surface area contributed by atoms with Crippen LogP contribution in [-0.4, -0.2) is 12.2 Å². The number of nitro groups is 1. The predicted octanol–water partition coefficient (Wildman–Crippen LogP) is 2.98. The van der Waals surface area contributed by atoms with Crippen molar-refractivity contribution in [3.05, 3.63) is 80.2 Å². The zero-order chi connectivity index (χ0) is 17.1. The summed E-state index contributed by atoms with van der Waals surface area (Å²) in [5.74, 6) is 0.440. The second-order valence-electron chi connectivity index (χ2n) is 5.38. The molecule has 1 heterocycles. The summed E-state index contributed by atoms with van der Waals surface area (Å²) in [6.07, 6.45) is 3.42. The van der Waals surface area contributed by atoms with Crippen LogP contribution in [0.4, 0.5) is 5.69 Å². The predicted molar refractivity (Wildman–Crippen MR) is 97.2 cm³/mol. The number of fused-ring (bicyclic) bond motifs is 1. The molecule has 3 aromatic rings. The molecule has 0 saturated carbocycles. The minimum absolute atomic E-state index is 0.0381. The van der Waals surface area contributed by atoms with Gasteiger partial charge in [-0.15, -0.1) is 0 Å². The van der Waals surface area contributed by atoms with Gasteiger partial charge < -0.3 is 4.42 Å². The first kappa shape index (κ1) is 15.7. The van der Waals surface area contributed by atoms with E-state index in [2.05, 4.69) is 0 Å². The van der Waals surface area contributed by atoms with Crippen LogP contribution in [0.25, 0.3) is 23.1 Å². The Balaban J connectivity index is 1.92. The fourth-order valence-electron chi connectivity index (χ4n) is 2.41. The summed E-state index contributed by atoms with van der Waals surface area (Å²) < 4.78 is 5.73. The van der Waals surface area contributed by atoms with E-state index >= 15 is 0 Å².